The maximum Gasteiger partial charge on any atom is 0.337 e. The van der Waals surface area contributed by atoms with Crippen LogP contribution >= 0.6 is 11.3 Å². The number of anilines is 2. The molecule has 0 saturated heterocycles. The van der Waals surface area contributed by atoms with Crippen molar-refractivity contribution in [2.45, 2.75) is 39.7 Å². The smallest absolute Gasteiger partial charge is 0.337 e. The number of carboxylic acids is 1. The number of benzene rings is 2. The molecule has 0 spiro atoms. The minimum atomic E-state index is -0.978. The lowest BCUT2D eigenvalue weighted by atomic mass is 9.76. The molecule has 4 N–H and O–H groups in total. The normalized spacial score (nSPS) is 14.9. The Morgan fingerprint density at radius 1 is 1.23 bits per heavy atom. The molecule has 0 saturated carbocycles. The number of nitrogen functional groups attached to an aromatic ring is 1. The monoisotopic (exact) mass is 424 g/mol. The van der Waals surface area contributed by atoms with E-state index in [1.54, 1.807) is 18.2 Å². The second-order valence-electron chi connectivity index (χ2n) is 8.64. The van der Waals surface area contributed by atoms with Gasteiger partial charge in [-0.15, -0.1) is 11.3 Å². The molecule has 156 valence electrons. The van der Waals surface area contributed by atoms with E-state index in [0.717, 1.165) is 34.5 Å². The molecule has 6 heteroatoms. The molecule has 1 aliphatic rings. The Kier molecular flexibility index (Phi) is 5.28. The SMILES string of the molecule is CC1(C)CCc2sc(-c3ccc(CNc4ccc(N)cc4)cc3F)c(C(=O)O)c2C1. The highest BCUT2D eigenvalue weighted by atomic mass is 32.1. The van der Waals surface area contributed by atoms with Gasteiger partial charge in [0.15, 0.2) is 0 Å². The number of carbonyl (C=O) groups is 1. The average Bonchev–Trinajstić information content (AvgIpc) is 3.05. The molecular formula is C24H25FN2O2S. The van der Waals surface area contributed by atoms with Crippen LogP contribution in [0.25, 0.3) is 10.4 Å². The van der Waals surface area contributed by atoms with Crippen LogP contribution in [-0.4, -0.2) is 11.1 Å². The first-order valence-corrected chi connectivity index (χ1v) is 10.8. The fourth-order valence-electron chi connectivity index (χ4n) is 3.99. The number of aryl methyl sites for hydroxylation is 1. The van der Waals surface area contributed by atoms with Crippen LogP contribution in [0.3, 0.4) is 0 Å². The molecule has 0 radical (unpaired) electrons. The summed E-state index contributed by atoms with van der Waals surface area (Å²) in [5.41, 5.74) is 9.64. The molecule has 4 nitrogen and oxygen atoms in total. The van der Waals surface area contributed by atoms with E-state index in [1.807, 2.05) is 18.2 Å². The Morgan fingerprint density at radius 3 is 2.63 bits per heavy atom. The van der Waals surface area contributed by atoms with Gasteiger partial charge in [-0.25, -0.2) is 9.18 Å². The Balaban J connectivity index is 1.62. The first-order valence-electron chi connectivity index (χ1n) is 9.99. The highest BCUT2D eigenvalue weighted by Gasteiger charge is 2.33. The number of aromatic carboxylic acids is 1. The van der Waals surface area contributed by atoms with E-state index < -0.39 is 11.8 Å². The fraction of sp³-hybridized carbons (Fsp3) is 0.292. The van der Waals surface area contributed by atoms with Crippen molar-refractivity contribution >= 4 is 28.7 Å². The molecule has 0 atom stereocenters. The molecule has 0 amide bonds. The van der Waals surface area contributed by atoms with Gasteiger partial charge in [0.25, 0.3) is 0 Å². The van der Waals surface area contributed by atoms with Crippen LogP contribution in [0.4, 0.5) is 15.8 Å². The lowest BCUT2D eigenvalue weighted by molar-refractivity contribution is 0.0696. The molecule has 4 rings (SSSR count). The minimum absolute atomic E-state index is 0.0612. The van der Waals surface area contributed by atoms with Gasteiger partial charge in [-0.05, 0) is 66.1 Å². The predicted octanol–water partition coefficient (Wildman–Crippen LogP) is 5.96. The summed E-state index contributed by atoms with van der Waals surface area (Å²) < 4.78 is 15.0. The molecule has 0 fully saturated rings. The summed E-state index contributed by atoms with van der Waals surface area (Å²) in [6, 6.07) is 12.4. The number of fused-ring (bicyclic) bond motifs is 1. The van der Waals surface area contributed by atoms with E-state index >= 15 is 4.39 Å². The summed E-state index contributed by atoms with van der Waals surface area (Å²) in [4.78, 5) is 13.7. The van der Waals surface area contributed by atoms with E-state index in [0.29, 0.717) is 29.1 Å². The number of nitrogens with two attached hydrogens (primary N) is 1. The summed E-state index contributed by atoms with van der Waals surface area (Å²) in [5, 5.41) is 13.1. The van der Waals surface area contributed by atoms with Gasteiger partial charge in [0, 0.05) is 28.4 Å². The third kappa shape index (κ3) is 4.05. The van der Waals surface area contributed by atoms with E-state index in [1.165, 1.54) is 17.4 Å². The lowest BCUT2D eigenvalue weighted by Crippen LogP contribution is -2.22. The number of halogens is 1. The molecule has 1 aliphatic carbocycles. The summed E-state index contributed by atoms with van der Waals surface area (Å²) in [6.07, 6.45) is 2.57. The Morgan fingerprint density at radius 2 is 1.97 bits per heavy atom. The van der Waals surface area contributed by atoms with E-state index in [-0.39, 0.29) is 11.0 Å². The van der Waals surface area contributed by atoms with Crippen LogP contribution < -0.4 is 11.1 Å². The van der Waals surface area contributed by atoms with Crippen molar-refractivity contribution in [2.24, 2.45) is 5.41 Å². The largest absolute Gasteiger partial charge is 0.478 e. The second-order valence-corrected chi connectivity index (χ2v) is 9.75. The molecule has 3 aromatic rings. The first kappa shape index (κ1) is 20.4. The van der Waals surface area contributed by atoms with Crippen LogP contribution in [0, 0.1) is 11.2 Å². The van der Waals surface area contributed by atoms with Crippen molar-refractivity contribution in [3.8, 4) is 10.4 Å². The molecule has 0 unspecified atom stereocenters. The van der Waals surface area contributed by atoms with Crippen molar-refractivity contribution in [2.75, 3.05) is 11.1 Å². The zero-order valence-electron chi connectivity index (χ0n) is 17.1. The lowest BCUT2D eigenvalue weighted by Gasteiger charge is -2.29. The Hall–Kier alpha value is -2.86. The zero-order chi connectivity index (χ0) is 21.5. The first-order chi connectivity index (χ1) is 14.2. The molecular weight excluding hydrogens is 399 g/mol. The van der Waals surface area contributed by atoms with Crippen molar-refractivity contribution < 1.29 is 14.3 Å². The van der Waals surface area contributed by atoms with Gasteiger partial charge in [0.1, 0.15) is 5.82 Å². The Labute approximate surface area is 179 Å². The molecule has 1 aromatic heterocycles. The number of nitrogens with one attached hydrogen (secondary N) is 1. The zero-order valence-corrected chi connectivity index (χ0v) is 17.9. The number of carboxylic acid groups (broad SMARTS) is 1. The Bertz CT molecular complexity index is 1100. The van der Waals surface area contributed by atoms with Crippen molar-refractivity contribution in [1.82, 2.24) is 0 Å². The van der Waals surface area contributed by atoms with Crippen molar-refractivity contribution in [3.05, 3.63) is 69.8 Å². The summed E-state index contributed by atoms with van der Waals surface area (Å²) >= 11 is 1.43. The third-order valence-electron chi connectivity index (χ3n) is 5.67. The molecule has 30 heavy (non-hydrogen) atoms. The van der Waals surface area contributed by atoms with Crippen molar-refractivity contribution in [1.29, 1.82) is 0 Å². The summed E-state index contributed by atoms with van der Waals surface area (Å²) in [7, 11) is 0. The standard InChI is InChI=1S/C24H25FN2O2S/c1-24(2)10-9-20-18(12-24)21(23(28)29)22(30-20)17-8-3-14(11-19(17)25)13-27-16-6-4-15(26)5-7-16/h3-8,11,27H,9-10,12-13,26H2,1-2H3,(H,28,29). The summed E-state index contributed by atoms with van der Waals surface area (Å²) in [5.74, 6) is -1.37. The van der Waals surface area contributed by atoms with Gasteiger partial charge in [-0.1, -0.05) is 26.0 Å². The van der Waals surface area contributed by atoms with Crippen LogP contribution in [-0.2, 0) is 19.4 Å². The predicted molar refractivity (Wildman–Crippen MR) is 121 cm³/mol. The molecule has 1 heterocycles. The quantitative estimate of drug-likeness (QED) is 0.442. The van der Waals surface area contributed by atoms with E-state index in [4.69, 9.17) is 5.73 Å². The fourth-order valence-corrected chi connectivity index (χ4v) is 5.33. The second kappa shape index (κ2) is 7.76. The average molecular weight is 425 g/mol. The van der Waals surface area contributed by atoms with Crippen LogP contribution in [0.5, 0.6) is 0 Å². The van der Waals surface area contributed by atoms with Gasteiger partial charge < -0.3 is 16.2 Å². The van der Waals surface area contributed by atoms with Crippen LogP contribution in [0.1, 0.15) is 46.6 Å². The van der Waals surface area contributed by atoms with Gasteiger partial charge in [-0.3, -0.25) is 0 Å². The number of hydrogen-bond acceptors (Lipinski definition) is 4. The van der Waals surface area contributed by atoms with Crippen LogP contribution in [0.2, 0.25) is 0 Å². The van der Waals surface area contributed by atoms with Crippen LogP contribution in [0.15, 0.2) is 42.5 Å². The van der Waals surface area contributed by atoms with Gasteiger partial charge in [-0.2, -0.15) is 0 Å². The highest BCUT2D eigenvalue weighted by Crippen LogP contribution is 2.45. The third-order valence-corrected chi connectivity index (χ3v) is 7.00. The topological polar surface area (TPSA) is 75.3 Å². The highest BCUT2D eigenvalue weighted by molar-refractivity contribution is 7.16. The minimum Gasteiger partial charge on any atom is -0.478 e. The molecule has 2 aromatic carbocycles. The number of thiophene rings is 1. The number of hydrogen-bond donors (Lipinski definition) is 3. The van der Waals surface area contributed by atoms with Gasteiger partial charge in [0.2, 0.25) is 0 Å². The maximum absolute atomic E-state index is 15.0. The van der Waals surface area contributed by atoms with E-state index in [2.05, 4.69) is 19.2 Å². The van der Waals surface area contributed by atoms with Crippen molar-refractivity contribution in [3.63, 3.8) is 0 Å². The van der Waals surface area contributed by atoms with Gasteiger partial charge >= 0.3 is 5.97 Å². The molecule has 0 aliphatic heterocycles. The van der Waals surface area contributed by atoms with E-state index in [9.17, 15) is 9.90 Å². The van der Waals surface area contributed by atoms with Gasteiger partial charge in [0.05, 0.1) is 10.4 Å². The summed E-state index contributed by atoms with van der Waals surface area (Å²) in [6.45, 7) is 4.77. The maximum atomic E-state index is 15.0. The molecule has 0 bridgehead atoms. The number of rotatable bonds is 5.